The molecule has 10 heteroatoms. The van der Waals surface area contributed by atoms with Gasteiger partial charge in [-0.1, -0.05) is 11.2 Å². The summed E-state index contributed by atoms with van der Waals surface area (Å²) in [6.45, 7) is 3.40. The van der Waals surface area contributed by atoms with Crippen molar-refractivity contribution in [1.29, 1.82) is 0 Å². The van der Waals surface area contributed by atoms with Gasteiger partial charge < -0.3 is 14.2 Å². The molecule has 2 aromatic heterocycles. The van der Waals surface area contributed by atoms with Crippen LogP contribution in [0.3, 0.4) is 0 Å². The van der Waals surface area contributed by atoms with Gasteiger partial charge in [0.15, 0.2) is 0 Å². The van der Waals surface area contributed by atoms with Gasteiger partial charge in [0, 0.05) is 47.5 Å². The standard InChI is InChI=1S/C25H29N7O3/c1-25(2,15-27-29-26)35-24(34)31-14-18-12-20(8-9-21(18)28-31)32(19-6-7-19)23(33)17-5-4-16-10-11-30(3)22(16)13-17/h4-5,10-11,13-14,19-20H,6-9,12,15H2,1-3H3. The van der Waals surface area contributed by atoms with Crippen molar-refractivity contribution in [2.45, 2.75) is 63.6 Å². The topological polar surface area (TPSA) is 118 Å². The van der Waals surface area contributed by atoms with Crippen molar-refractivity contribution >= 4 is 22.9 Å². The van der Waals surface area contributed by atoms with Gasteiger partial charge in [-0.2, -0.15) is 9.78 Å². The monoisotopic (exact) mass is 475 g/mol. The Morgan fingerprint density at radius 3 is 2.80 bits per heavy atom. The Bertz CT molecular complexity index is 1340. The third-order valence-corrected chi connectivity index (χ3v) is 6.82. The van der Waals surface area contributed by atoms with Crippen LogP contribution in [0.2, 0.25) is 0 Å². The minimum absolute atomic E-state index is 0.0330. The van der Waals surface area contributed by atoms with Crippen LogP contribution >= 0.6 is 0 Å². The van der Waals surface area contributed by atoms with Crippen LogP contribution in [0, 0.1) is 0 Å². The highest BCUT2D eigenvalue weighted by Gasteiger charge is 2.40. The SMILES string of the molecule is Cn1ccc2ccc(C(=O)N(C3CC3)C3CCc4nn(C(=O)OC(C)(C)CN=[N+]=[N-])cc4C3)cc21. The van der Waals surface area contributed by atoms with Gasteiger partial charge in [-0.3, -0.25) is 4.79 Å². The Balaban J connectivity index is 1.34. The number of amides is 1. The van der Waals surface area contributed by atoms with Gasteiger partial charge in [0.05, 0.1) is 12.2 Å². The molecule has 0 spiro atoms. The van der Waals surface area contributed by atoms with Crippen LogP contribution in [0.1, 0.15) is 54.7 Å². The molecule has 0 aliphatic heterocycles. The summed E-state index contributed by atoms with van der Waals surface area (Å²) in [6.07, 6.45) is 7.28. The maximum Gasteiger partial charge on any atom is 0.435 e. The number of aryl methyl sites for hydroxylation is 2. The fourth-order valence-corrected chi connectivity index (χ4v) is 4.86. The van der Waals surface area contributed by atoms with Crippen molar-refractivity contribution in [3.8, 4) is 0 Å². The third-order valence-electron chi connectivity index (χ3n) is 6.82. The normalized spacial score (nSPS) is 17.5. The Morgan fingerprint density at radius 2 is 2.06 bits per heavy atom. The minimum Gasteiger partial charge on any atom is -0.442 e. The van der Waals surface area contributed by atoms with Crippen LogP contribution in [-0.4, -0.2) is 55.5 Å². The van der Waals surface area contributed by atoms with Crippen LogP contribution in [0.25, 0.3) is 21.3 Å². The molecule has 1 fully saturated rings. The van der Waals surface area contributed by atoms with Gasteiger partial charge in [-0.15, -0.1) is 0 Å². The molecule has 2 aliphatic carbocycles. The highest BCUT2D eigenvalue weighted by molar-refractivity contribution is 5.98. The number of nitrogens with zero attached hydrogens (tertiary/aromatic N) is 7. The average Bonchev–Trinajstić information content (AvgIpc) is 3.45. The number of fused-ring (bicyclic) bond motifs is 2. The van der Waals surface area contributed by atoms with Crippen LogP contribution in [0.4, 0.5) is 4.79 Å². The number of aromatic nitrogens is 3. The van der Waals surface area contributed by atoms with E-state index in [4.69, 9.17) is 10.3 Å². The maximum atomic E-state index is 13.7. The highest BCUT2D eigenvalue weighted by Crippen LogP contribution is 2.35. The van der Waals surface area contributed by atoms with E-state index in [0.29, 0.717) is 18.4 Å². The first-order chi connectivity index (χ1) is 16.8. The zero-order valence-corrected chi connectivity index (χ0v) is 20.2. The average molecular weight is 476 g/mol. The molecule has 3 aromatic rings. The van der Waals surface area contributed by atoms with Gasteiger partial charge in [0.25, 0.3) is 5.91 Å². The molecular formula is C25H29N7O3. The van der Waals surface area contributed by atoms with Gasteiger partial charge in [-0.05, 0) is 80.6 Å². The van der Waals surface area contributed by atoms with E-state index in [1.807, 2.05) is 42.1 Å². The number of ether oxygens (including phenoxy) is 1. The molecule has 2 heterocycles. The summed E-state index contributed by atoms with van der Waals surface area (Å²) in [5.74, 6) is 0.0654. The molecule has 35 heavy (non-hydrogen) atoms. The highest BCUT2D eigenvalue weighted by atomic mass is 16.6. The van der Waals surface area contributed by atoms with Crippen LogP contribution < -0.4 is 0 Å². The van der Waals surface area contributed by atoms with Crippen LogP contribution in [0.15, 0.2) is 41.8 Å². The van der Waals surface area contributed by atoms with E-state index in [1.165, 1.54) is 4.68 Å². The second-order valence-corrected chi connectivity index (χ2v) is 10.1. The number of carbonyl (C=O) groups excluding carboxylic acids is 2. The summed E-state index contributed by atoms with van der Waals surface area (Å²) in [4.78, 5) is 31.1. The molecule has 1 aromatic carbocycles. The molecule has 182 valence electrons. The Kier molecular flexibility index (Phi) is 5.76. The predicted octanol–water partition coefficient (Wildman–Crippen LogP) is 4.61. The lowest BCUT2D eigenvalue weighted by Crippen LogP contribution is -2.44. The second kappa shape index (κ2) is 8.78. The van der Waals surface area contributed by atoms with Crippen LogP contribution in [-0.2, 0) is 24.6 Å². The first-order valence-corrected chi connectivity index (χ1v) is 11.9. The summed E-state index contributed by atoms with van der Waals surface area (Å²) in [6, 6.07) is 8.27. The van der Waals surface area contributed by atoms with Gasteiger partial charge in [-0.25, -0.2) is 4.79 Å². The van der Waals surface area contributed by atoms with Gasteiger partial charge in [0.1, 0.15) is 5.60 Å². The molecule has 1 unspecified atom stereocenters. The number of carbonyl (C=O) groups is 2. The summed E-state index contributed by atoms with van der Waals surface area (Å²) in [5.41, 5.74) is 11.2. The molecule has 10 nitrogen and oxygen atoms in total. The van der Waals surface area contributed by atoms with E-state index < -0.39 is 11.7 Å². The molecule has 2 aliphatic rings. The second-order valence-electron chi connectivity index (χ2n) is 10.1. The molecule has 1 atom stereocenters. The van der Waals surface area contributed by atoms with E-state index in [9.17, 15) is 9.59 Å². The lowest BCUT2D eigenvalue weighted by molar-refractivity contribution is 0.0441. The fourth-order valence-electron chi connectivity index (χ4n) is 4.86. The zero-order chi connectivity index (χ0) is 24.7. The smallest absolute Gasteiger partial charge is 0.435 e. The summed E-state index contributed by atoms with van der Waals surface area (Å²) in [7, 11) is 1.98. The maximum absolute atomic E-state index is 13.7. The third kappa shape index (κ3) is 4.61. The number of hydrogen-bond acceptors (Lipinski definition) is 5. The molecular weight excluding hydrogens is 446 g/mol. The molecule has 0 N–H and O–H groups in total. The molecule has 1 amide bonds. The summed E-state index contributed by atoms with van der Waals surface area (Å²) >= 11 is 0. The van der Waals surface area contributed by atoms with E-state index in [2.05, 4.69) is 20.0 Å². The molecule has 0 saturated heterocycles. The number of benzene rings is 1. The predicted molar refractivity (Wildman–Crippen MR) is 130 cm³/mol. The minimum atomic E-state index is -0.938. The Hall–Kier alpha value is -3.78. The summed E-state index contributed by atoms with van der Waals surface area (Å²) in [5, 5.41) is 9.06. The number of azide groups is 1. The van der Waals surface area contributed by atoms with Crippen molar-refractivity contribution < 1.29 is 14.3 Å². The van der Waals surface area contributed by atoms with Crippen molar-refractivity contribution in [2.24, 2.45) is 12.2 Å². The van der Waals surface area contributed by atoms with Gasteiger partial charge >= 0.3 is 6.09 Å². The fraction of sp³-hybridized carbons (Fsp3) is 0.480. The van der Waals surface area contributed by atoms with Crippen molar-refractivity contribution in [1.82, 2.24) is 19.2 Å². The Morgan fingerprint density at radius 1 is 1.26 bits per heavy atom. The molecule has 0 radical (unpaired) electrons. The Labute approximate surface area is 203 Å². The van der Waals surface area contributed by atoms with Crippen LogP contribution in [0.5, 0.6) is 0 Å². The van der Waals surface area contributed by atoms with E-state index in [-0.39, 0.29) is 24.5 Å². The number of hydrogen-bond donors (Lipinski definition) is 0. The van der Waals surface area contributed by atoms with Gasteiger partial charge in [0.2, 0.25) is 0 Å². The van der Waals surface area contributed by atoms with Crippen molar-refractivity contribution in [3.63, 3.8) is 0 Å². The van der Waals surface area contributed by atoms with Crippen molar-refractivity contribution in [2.75, 3.05) is 6.54 Å². The lowest BCUT2D eigenvalue weighted by atomic mass is 9.91. The number of rotatable bonds is 6. The first kappa shape index (κ1) is 23.0. The zero-order valence-electron chi connectivity index (χ0n) is 20.2. The molecule has 0 bridgehead atoms. The van der Waals surface area contributed by atoms with E-state index >= 15 is 0 Å². The summed E-state index contributed by atoms with van der Waals surface area (Å²) < 4.78 is 8.74. The largest absolute Gasteiger partial charge is 0.442 e. The van der Waals surface area contributed by atoms with E-state index in [1.54, 1.807) is 20.0 Å². The first-order valence-electron chi connectivity index (χ1n) is 11.9. The molecule has 1 saturated carbocycles. The lowest BCUT2D eigenvalue weighted by Gasteiger charge is -2.34. The quantitative estimate of drug-likeness (QED) is 0.294. The molecule has 5 rings (SSSR count). The van der Waals surface area contributed by atoms with Crippen molar-refractivity contribution in [3.05, 3.63) is 63.9 Å². The van der Waals surface area contributed by atoms with E-state index in [0.717, 1.165) is 41.4 Å².